The molecule has 1 aromatic heterocycles. The molecule has 204 valence electrons. The van der Waals surface area contributed by atoms with Crippen molar-refractivity contribution in [3.63, 3.8) is 0 Å². The van der Waals surface area contributed by atoms with Crippen LogP contribution in [0.4, 0.5) is 11.4 Å². The Hall–Kier alpha value is -4.90. The first-order valence-corrected chi connectivity index (χ1v) is 13.2. The highest BCUT2D eigenvalue weighted by Gasteiger charge is 2.11. The van der Waals surface area contributed by atoms with Gasteiger partial charge in [-0.15, -0.1) is 0 Å². The van der Waals surface area contributed by atoms with Crippen molar-refractivity contribution in [2.45, 2.75) is 20.0 Å². The molecule has 0 atom stereocenters. The van der Waals surface area contributed by atoms with Crippen molar-refractivity contribution in [2.24, 2.45) is 0 Å². The van der Waals surface area contributed by atoms with E-state index in [0.717, 1.165) is 16.9 Å². The average molecular weight is 556 g/mol. The van der Waals surface area contributed by atoms with Gasteiger partial charge in [0.05, 0.1) is 6.54 Å². The Morgan fingerprint density at radius 3 is 2.62 bits per heavy atom. The van der Waals surface area contributed by atoms with Gasteiger partial charge in [0.1, 0.15) is 21.9 Å². The van der Waals surface area contributed by atoms with Gasteiger partial charge in [0.25, 0.3) is 5.56 Å². The molecule has 0 bridgehead atoms. The molecule has 0 spiro atoms. The number of likely N-dealkylation sites (N-methyl/N-ethyl adjacent to an activating group) is 1. The molecule has 0 saturated carbocycles. The Labute approximate surface area is 235 Å². The fourth-order valence-electron chi connectivity index (χ4n) is 3.59. The van der Waals surface area contributed by atoms with Gasteiger partial charge in [-0.1, -0.05) is 71.9 Å². The normalized spacial score (nSPS) is 10.1. The third-order valence-corrected chi connectivity index (χ3v) is 6.39. The standard InChI is InChI=1S/C30H29N5O4S/c1-4-16-39-30(38)23(19-31)17-28-35(5-2)29(37)26(40-28)14-15-32-24-12-9-13-25(18-24)33-27(36)21-34(3)20-22-10-7-6-8-11-22/h4,6-13,15,18,32H,1,5,16,20-21H2,2-3H3,(H,33,36). The summed E-state index contributed by atoms with van der Waals surface area (Å²) in [7, 11) is 1.89. The Bertz CT molecular complexity index is 1670. The number of thiazole rings is 1. The number of hydrogen-bond acceptors (Lipinski definition) is 8. The van der Waals surface area contributed by atoms with E-state index in [-0.39, 0.29) is 34.7 Å². The zero-order valence-corrected chi connectivity index (χ0v) is 23.1. The summed E-state index contributed by atoms with van der Waals surface area (Å²) in [5.74, 6) is -0.984. The summed E-state index contributed by atoms with van der Waals surface area (Å²) in [5.41, 5.74) is 7.36. The Morgan fingerprint density at radius 1 is 1.18 bits per heavy atom. The maximum Gasteiger partial charge on any atom is 0.357 e. The predicted octanol–water partition coefficient (Wildman–Crippen LogP) is 2.56. The van der Waals surface area contributed by atoms with Crippen LogP contribution in [0.25, 0.3) is 11.5 Å². The van der Waals surface area contributed by atoms with Crippen LogP contribution >= 0.6 is 11.3 Å². The second kappa shape index (κ2) is 14.9. The number of aromatic nitrogens is 1. The fourth-order valence-corrected chi connectivity index (χ4v) is 4.57. The van der Waals surface area contributed by atoms with E-state index in [9.17, 15) is 19.6 Å². The van der Waals surface area contributed by atoms with Gasteiger partial charge in [0, 0.05) is 30.7 Å². The van der Waals surface area contributed by atoms with Crippen molar-refractivity contribution < 1.29 is 14.3 Å². The van der Waals surface area contributed by atoms with Gasteiger partial charge in [0.2, 0.25) is 5.91 Å². The largest absolute Gasteiger partial charge is 0.457 e. The smallest absolute Gasteiger partial charge is 0.357 e. The number of nitrogens with zero attached hydrogens (tertiary/aromatic N) is 3. The lowest BCUT2D eigenvalue weighted by Gasteiger charge is -2.16. The van der Waals surface area contributed by atoms with Crippen LogP contribution in [0, 0.1) is 11.3 Å². The third-order valence-electron chi connectivity index (χ3n) is 5.38. The number of ether oxygens (including phenoxy) is 1. The summed E-state index contributed by atoms with van der Waals surface area (Å²) >= 11 is 1.04. The molecule has 10 heteroatoms. The number of carbonyl (C=O) groups is 2. The molecule has 0 unspecified atom stereocenters. The number of hydrogen-bond donors (Lipinski definition) is 2. The predicted molar refractivity (Wildman–Crippen MR) is 157 cm³/mol. The zero-order chi connectivity index (χ0) is 28.9. The highest BCUT2D eigenvalue weighted by molar-refractivity contribution is 7.07. The zero-order valence-electron chi connectivity index (χ0n) is 22.3. The van der Waals surface area contributed by atoms with Crippen molar-refractivity contribution in [1.29, 1.82) is 5.26 Å². The summed E-state index contributed by atoms with van der Waals surface area (Å²) in [4.78, 5) is 39.3. The lowest BCUT2D eigenvalue weighted by atomic mass is 10.2. The molecule has 0 fully saturated rings. The number of nitrogens with one attached hydrogen (secondary N) is 2. The minimum atomic E-state index is -0.844. The van der Waals surface area contributed by atoms with Gasteiger partial charge in [0.15, 0.2) is 5.57 Å². The number of rotatable bonds is 11. The first-order chi connectivity index (χ1) is 19.3. The van der Waals surface area contributed by atoms with Gasteiger partial charge in [-0.2, -0.15) is 5.26 Å². The Balaban J connectivity index is 1.75. The topological polar surface area (TPSA) is 116 Å². The van der Waals surface area contributed by atoms with E-state index in [1.165, 1.54) is 16.8 Å². The van der Waals surface area contributed by atoms with E-state index >= 15 is 0 Å². The molecule has 1 amide bonds. The lowest BCUT2D eigenvalue weighted by molar-refractivity contribution is -0.137. The molecule has 2 N–H and O–H groups in total. The quantitative estimate of drug-likeness (QED) is 0.162. The maximum absolute atomic E-state index is 12.8. The summed E-state index contributed by atoms with van der Waals surface area (Å²) in [6, 6.07) is 18.8. The van der Waals surface area contributed by atoms with Gasteiger partial charge in [-0.25, -0.2) is 4.79 Å². The molecule has 0 radical (unpaired) electrons. The van der Waals surface area contributed by atoms with Crippen LogP contribution in [0.5, 0.6) is 0 Å². The highest BCUT2D eigenvalue weighted by Crippen LogP contribution is 2.15. The minimum Gasteiger partial charge on any atom is -0.457 e. The second-order valence-electron chi connectivity index (χ2n) is 8.50. The van der Waals surface area contributed by atoms with Crippen LogP contribution < -0.4 is 25.4 Å². The minimum absolute atomic E-state index is 0.0413. The molecule has 0 aliphatic heterocycles. The number of carbonyl (C=O) groups excluding carboxylic acids is 2. The number of benzene rings is 2. The lowest BCUT2D eigenvalue weighted by Crippen LogP contribution is -2.30. The molecule has 2 aromatic carbocycles. The number of anilines is 2. The molecule has 0 aliphatic carbocycles. The van der Waals surface area contributed by atoms with Crippen LogP contribution in [-0.2, 0) is 27.4 Å². The monoisotopic (exact) mass is 555 g/mol. The number of nitriles is 1. The second-order valence-corrected chi connectivity index (χ2v) is 9.50. The van der Waals surface area contributed by atoms with Crippen molar-refractivity contribution in [2.75, 3.05) is 30.8 Å². The summed E-state index contributed by atoms with van der Waals surface area (Å²) < 4.78 is 6.85. The van der Waals surface area contributed by atoms with Crippen molar-refractivity contribution in [1.82, 2.24) is 9.47 Å². The molecule has 3 rings (SSSR count). The Kier molecular flexibility index (Phi) is 11.0. The molecule has 0 saturated heterocycles. The molecule has 9 nitrogen and oxygen atoms in total. The molecule has 0 aliphatic rings. The van der Waals surface area contributed by atoms with Gasteiger partial charge >= 0.3 is 5.97 Å². The summed E-state index contributed by atoms with van der Waals surface area (Å²) in [5, 5.41) is 15.3. The van der Waals surface area contributed by atoms with E-state index in [2.05, 4.69) is 28.7 Å². The molecular weight excluding hydrogens is 526 g/mol. The molecule has 3 aromatic rings. The van der Waals surface area contributed by atoms with Crippen LogP contribution in [-0.4, -0.2) is 41.5 Å². The van der Waals surface area contributed by atoms with E-state index in [0.29, 0.717) is 29.1 Å². The van der Waals surface area contributed by atoms with E-state index in [1.807, 2.05) is 48.3 Å². The van der Waals surface area contributed by atoms with Gasteiger partial charge in [-0.3, -0.25) is 19.1 Å². The summed E-state index contributed by atoms with van der Waals surface area (Å²) in [6.45, 7) is 6.40. The molecular formula is C30H29N5O4S. The fraction of sp³-hybridized carbons (Fsp3) is 0.200. The van der Waals surface area contributed by atoms with E-state index in [1.54, 1.807) is 31.2 Å². The first kappa shape index (κ1) is 29.7. The van der Waals surface area contributed by atoms with Gasteiger partial charge < -0.3 is 15.4 Å². The summed E-state index contributed by atoms with van der Waals surface area (Å²) in [6.07, 6.45) is 2.87. The average Bonchev–Trinajstić information content (AvgIpc) is 3.24. The Morgan fingerprint density at radius 2 is 1.93 bits per heavy atom. The number of amides is 1. The van der Waals surface area contributed by atoms with E-state index in [4.69, 9.17) is 4.74 Å². The first-order valence-electron chi connectivity index (χ1n) is 12.4. The van der Waals surface area contributed by atoms with Gasteiger partial charge in [-0.05, 0) is 37.7 Å². The van der Waals surface area contributed by atoms with E-state index < -0.39 is 5.97 Å². The van der Waals surface area contributed by atoms with Crippen LogP contribution in [0.15, 0.2) is 83.8 Å². The highest BCUT2D eigenvalue weighted by atomic mass is 32.1. The molecule has 1 heterocycles. The maximum atomic E-state index is 12.8. The van der Waals surface area contributed by atoms with Crippen LogP contribution in [0.1, 0.15) is 12.5 Å². The van der Waals surface area contributed by atoms with Crippen LogP contribution in [0.2, 0.25) is 0 Å². The van der Waals surface area contributed by atoms with Crippen molar-refractivity contribution in [3.8, 4) is 6.07 Å². The van der Waals surface area contributed by atoms with Crippen molar-refractivity contribution >= 4 is 46.1 Å². The SMILES string of the molecule is C=CCOC(=O)C(=C=c1sc(=C=CNc2cccc(NC(=O)CN(C)Cc3ccccc3)c2)c(=O)n1CC)C#N. The van der Waals surface area contributed by atoms with Crippen molar-refractivity contribution in [3.05, 3.63) is 104 Å². The molecule has 40 heavy (non-hydrogen) atoms. The number of esters is 1. The van der Waals surface area contributed by atoms with Crippen LogP contribution in [0.3, 0.4) is 0 Å². The third kappa shape index (κ3) is 8.57.